The number of hydrogen-bond acceptors (Lipinski definition) is 1. The molecule has 2 aliphatic carbocycles. The van der Waals surface area contributed by atoms with Gasteiger partial charge in [-0.05, 0) is 55.5 Å². The van der Waals surface area contributed by atoms with E-state index in [1.165, 1.54) is 38.6 Å². The van der Waals surface area contributed by atoms with Crippen LogP contribution < -0.4 is 5.32 Å². The third-order valence-electron chi connectivity index (χ3n) is 4.86. The predicted molar refractivity (Wildman–Crippen MR) is 65.9 cm³/mol. The Kier molecular flexibility index (Phi) is 3.39. The maximum Gasteiger partial charge on any atom is -0.00151 e. The zero-order valence-corrected chi connectivity index (χ0v) is 10.7. The molecule has 3 unspecified atom stereocenters. The highest BCUT2D eigenvalue weighted by molar-refractivity contribution is 5.05. The van der Waals surface area contributed by atoms with Gasteiger partial charge in [-0.3, -0.25) is 0 Å². The summed E-state index contributed by atoms with van der Waals surface area (Å²) >= 11 is 0. The Balaban J connectivity index is 1.83. The Morgan fingerprint density at radius 2 is 2.13 bits per heavy atom. The van der Waals surface area contributed by atoms with Crippen LogP contribution in [0.5, 0.6) is 0 Å². The van der Waals surface area contributed by atoms with Crippen LogP contribution in [-0.2, 0) is 0 Å². The molecule has 1 heteroatoms. The van der Waals surface area contributed by atoms with Gasteiger partial charge in [0.05, 0.1) is 0 Å². The topological polar surface area (TPSA) is 12.0 Å². The zero-order chi connectivity index (χ0) is 10.9. The molecular weight excluding hydrogens is 182 g/mol. The van der Waals surface area contributed by atoms with Gasteiger partial charge in [0.15, 0.2) is 0 Å². The molecule has 0 aliphatic heterocycles. The fraction of sp³-hybridized carbons (Fsp3) is 1.00. The van der Waals surface area contributed by atoms with Gasteiger partial charge in [-0.25, -0.2) is 0 Å². The summed E-state index contributed by atoms with van der Waals surface area (Å²) in [7, 11) is 0. The highest BCUT2D eigenvalue weighted by Crippen LogP contribution is 2.62. The van der Waals surface area contributed by atoms with Crippen LogP contribution in [0.4, 0.5) is 0 Å². The number of rotatable bonds is 4. The first kappa shape index (κ1) is 11.4. The average molecular weight is 209 g/mol. The van der Waals surface area contributed by atoms with Gasteiger partial charge in [-0.15, -0.1) is 0 Å². The summed E-state index contributed by atoms with van der Waals surface area (Å²) in [4.78, 5) is 0. The maximum atomic E-state index is 3.53. The van der Waals surface area contributed by atoms with Crippen LogP contribution in [0.2, 0.25) is 0 Å². The molecule has 15 heavy (non-hydrogen) atoms. The molecule has 0 aromatic rings. The molecular formula is C14H27N. The molecule has 2 rings (SSSR count). The van der Waals surface area contributed by atoms with E-state index in [1.807, 2.05) is 0 Å². The summed E-state index contributed by atoms with van der Waals surface area (Å²) in [5.41, 5.74) is 0.787. The lowest BCUT2D eigenvalue weighted by molar-refractivity contribution is 0.185. The Labute approximate surface area is 95.0 Å². The van der Waals surface area contributed by atoms with Crippen LogP contribution in [0, 0.1) is 23.2 Å². The zero-order valence-electron chi connectivity index (χ0n) is 10.7. The van der Waals surface area contributed by atoms with E-state index >= 15 is 0 Å². The van der Waals surface area contributed by atoms with Crippen molar-refractivity contribution in [3.8, 4) is 0 Å². The van der Waals surface area contributed by atoms with E-state index in [1.54, 1.807) is 0 Å². The van der Waals surface area contributed by atoms with E-state index in [4.69, 9.17) is 0 Å². The van der Waals surface area contributed by atoms with Crippen molar-refractivity contribution in [3.63, 3.8) is 0 Å². The standard InChI is InChI=1S/C14H27N/c1-4-15-10-13-9-14(13)7-5-6-12(8-14)11(2)3/h11-13,15H,4-10H2,1-3H3. The lowest BCUT2D eigenvalue weighted by atomic mass is 9.73. The molecule has 0 heterocycles. The molecule has 2 saturated carbocycles. The van der Waals surface area contributed by atoms with Crippen molar-refractivity contribution in [1.29, 1.82) is 0 Å². The largest absolute Gasteiger partial charge is 0.317 e. The first-order valence-corrected chi connectivity index (χ1v) is 6.88. The molecule has 0 saturated heterocycles. The van der Waals surface area contributed by atoms with E-state index < -0.39 is 0 Å². The fourth-order valence-electron chi connectivity index (χ4n) is 3.61. The Morgan fingerprint density at radius 1 is 1.33 bits per heavy atom. The monoisotopic (exact) mass is 209 g/mol. The molecule has 1 spiro atoms. The molecule has 0 aromatic heterocycles. The minimum Gasteiger partial charge on any atom is -0.317 e. The number of nitrogens with one attached hydrogen (secondary N) is 1. The Hall–Kier alpha value is -0.0400. The van der Waals surface area contributed by atoms with Gasteiger partial charge in [0, 0.05) is 0 Å². The van der Waals surface area contributed by atoms with Gasteiger partial charge < -0.3 is 5.32 Å². The van der Waals surface area contributed by atoms with E-state index in [2.05, 4.69) is 26.1 Å². The quantitative estimate of drug-likeness (QED) is 0.748. The second-order valence-corrected chi connectivity index (χ2v) is 6.17. The van der Waals surface area contributed by atoms with Crippen LogP contribution in [0.25, 0.3) is 0 Å². The summed E-state index contributed by atoms with van der Waals surface area (Å²) in [6, 6.07) is 0. The van der Waals surface area contributed by atoms with Crippen LogP contribution in [0.15, 0.2) is 0 Å². The summed E-state index contributed by atoms with van der Waals surface area (Å²) in [5.74, 6) is 2.94. The normalized spacial score (nSPS) is 40.0. The summed E-state index contributed by atoms with van der Waals surface area (Å²) in [5, 5.41) is 3.53. The molecule has 1 N–H and O–H groups in total. The van der Waals surface area contributed by atoms with Gasteiger partial charge in [0.2, 0.25) is 0 Å². The third-order valence-corrected chi connectivity index (χ3v) is 4.86. The van der Waals surface area contributed by atoms with Crippen molar-refractivity contribution >= 4 is 0 Å². The molecule has 0 bridgehead atoms. The van der Waals surface area contributed by atoms with Crippen molar-refractivity contribution in [2.24, 2.45) is 23.2 Å². The minimum atomic E-state index is 0.787. The van der Waals surface area contributed by atoms with E-state index in [0.29, 0.717) is 0 Å². The van der Waals surface area contributed by atoms with Crippen molar-refractivity contribution in [2.75, 3.05) is 13.1 Å². The highest BCUT2D eigenvalue weighted by Gasteiger charge is 2.54. The molecule has 3 atom stereocenters. The second-order valence-electron chi connectivity index (χ2n) is 6.17. The summed E-state index contributed by atoms with van der Waals surface area (Å²) < 4.78 is 0. The lowest BCUT2D eigenvalue weighted by Gasteiger charge is -2.32. The van der Waals surface area contributed by atoms with Crippen molar-refractivity contribution in [2.45, 2.75) is 52.9 Å². The smallest absolute Gasteiger partial charge is 0.00151 e. The molecule has 2 fully saturated rings. The molecule has 2 aliphatic rings. The molecule has 0 radical (unpaired) electrons. The lowest BCUT2D eigenvalue weighted by Crippen LogP contribution is -2.25. The van der Waals surface area contributed by atoms with Crippen molar-refractivity contribution in [3.05, 3.63) is 0 Å². The average Bonchev–Trinajstić information content (AvgIpc) is 2.88. The molecule has 1 nitrogen and oxygen atoms in total. The molecule has 88 valence electrons. The van der Waals surface area contributed by atoms with E-state index in [0.717, 1.165) is 29.7 Å². The molecule has 0 amide bonds. The number of hydrogen-bond donors (Lipinski definition) is 1. The van der Waals surface area contributed by atoms with Gasteiger partial charge >= 0.3 is 0 Å². The fourth-order valence-corrected chi connectivity index (χ4v) is 3.61. The van der Waals surface area contributed by atoms with Gasteiger partial charge in [-0.1, -0.05) is 33.6 Å². The van der Waals surface area contributed by atoms with Gasteiger partial charge in [-0.2, -0.15) is 0 Å². The highest BCUT2D eigenvalue weighted by atomic mass is 14.9. The van der Waals surface area contributed by atoms with Crippen molar-refractivity contribution < 1.29 is 0 Å². The van der Waals surface area contributed by atoms with Gasteiger partial charge in [0.1, 0.15) is 0 Å². The van der Waals surface area contributed by atoms with E-state index in [-0.39, 0.29) is 0 Å². The summed E-state index contributed by atoms with van der Waals surface area (Å²) in [6.45, 7) is 9.45. The van der Waals surface area contributed by atoms with Crippen LogP contribution in [0.1, 0.15) is 52.9 Å². The van der Waals surface area contributed by atoms with Crippen molar-refractivity contribution in [1.82, 2.24) is 5.32 Å². The predicted octanol–water partition coefficient (Wildman–Crippen LogP) is 3.45. The van der Waals surface area contributed by atoms with Gasteiger partial charge in [0.25, 0.3) is 0 Å². The van der Waals surface area contributed by atoms with Crippen LogP contribution >= 0.6 is 0 Å². The SMILES string of the molecule is CCNCC1CC12CCCC(C(C)C)C2. The Morgan fingerprint density at radius 3 is 2.80 bits per heavy atom. The van der Waals surface area contributed by atoms with Crippen LogP contribution in [0.3, 0.4) is 0 Å². The van der Waals surface area contributed by atoms with E-state index in [9.17, 15) is 0 Å². The Bertz CT molecular complexity index is 211. The molecule has 0 aromatic carbocycles. The first-order valence-electron chi connectivity index (χ1n) is 6.88. The van der Waals surface area contributed by atoms with Crippen LogP contribution in [-0.4, -0.2) is 13.1 Å². The second kappa shape index (κ2) is 4.45. The third kappa shape index (κ3) is 2.38. The maximum absolute atomic E-state index is 3.53. The summed E-state index contributed by atoms with van der Waals surface area (Å²) in [6.07, 6.45) is 7.55. The first-order chi connectivity index (χ1) is 7.18. The minimum absolute atomic E-state index is 0.787.